The number of ketones is 1. The number of ether oxygens (including phenoxy) is 1. The largest absolute Gasteiger partial charge is 0.484 e. The number of benzene rings is 2. The van der Waals surface area contributed by atoms with Gasteiger partial charge in [0.2, 0.25) is 0 Å². The molecule has 4 nitrogen and oxygen atoms in total. The maximum atomic E-state index is 12.7. The SMILES string of the molecule is O=C1CC2(CCN(C(=O)c3ccc(Br)cc3)CC2)Oc2c(Cl)cc(Cl)cc21. The van der Waals surface area contributed by atoms with Gasteiger partial charge >= 0.3 is 0 Å². The van der Waals surface area contributed by atoms with Crippen molar-refractivity contribution in [2.24, 2.45) is 0 Å². The van der Waals surface area contributed by atoms with Crippen LogP contribution in [0.5, 0.6) is 5.75 Å². The molecule has 1 amide bonds. The molecule has 0 aliphatic carbocycles. The topological polar surface area (TPSA) is 46.6 Å². The molecule has 0 atom stereocenters. The molecule has 1 saturated heterocycles. The first kappa shape index (κ1) is 18.8. The maximum Gasteiger partial charge on any atom is 0.253 e. The van der Waals surface area contributed by atoms with Crippen LogP contribution in [0.4, 0.5) is 0 Å². The standard InChI is InChI=1S/C20H16BrCl2NO3/c21-13-3-1-12(2-4-13)19(26)24-7-5-20(6-8-24)11-17(25)15-9-14(22)10-16(23)18(15)27-20/h1-4,9-10H,5-8,11H2. The van der Waals surface area contributed by atoms with Crippen molar-refractivity contribution in [3.05, 3.63) is 62.0 Å². The summed E-state index contributed by atoms with van der Waals surface area (Å²) in [5, 5.41) is 0.764. The molecule has 2 aromatic rings. The van der Waals surface area contributed by atoms with Crippen LogP contribution in [0.1, 0.15) is 40.0 Å². The fourth-order valence-corrected chi connectivity index (χ4v) is 4.48. The monoisotopic (exact) mass is 467 g/mol. The molecule has 140 valence electrons. The van der Waals surface area contributed by atoms with Crippen LogP contribution in [0.25, 0.3) is 0 Å². The Morgan fingerprint density at radius 1 is 1.11 bits per heavy atom. The Morgan fingerprint density at radius 3 is 2.44 bits per heavy atom. The van der Waals surface area contributed by atoms with Crippen molar-refractivity contribution < 1.29 is 14.3 Å². The second-order valence-corrected chi connectivity index (χ2v) is 8.71. The van der Waals surface area contributed by atoms with Crippen LogP contribution in [-0.4, -0.2) is 35.3 Å². The van der Waals surface area contributed by atoms with Crippen molar-refractivity contribution in [2.75, 3.05) is 13.1 Å². The average molecular weight is 469 g/mol. The second-order valence-electron chi connectivity index (χ2n) is 6.95. The molecule has 0 radical (unpaired) electrons. The lowest BCUT2D eigenvalue weighted by Gasteiger charge is -2.44. The Morgan fingerprint density at radius 2 is 1.78 bits per heavy atom. The number of hydrogen-bond acceptors (Lipinski definition) is 3. The Labute approximate surface area is 175 Å². The van der Waals surface area contributed by atoms with Gasteiger partial charge in [0.25, 0.3) is 5.91 Å². The van der Waals surface area contributed by atoms with Crippen molar-refractivity contribution in [3.63, 3.8) is 0 Å². The van der Waals surface area contributed by atoms with E-state index >= 15 is 0 Å². The summed E-state index contributed by atoms with van der Waals surface area (Å²) >= 11 is 15.6. The van der Waals surface area contributed by atoms with E-state index < -0.39 is 5.60 Å². The number of carbonyl (C=O) groups excluding carboxylic acids is 2. The van der Waals surface area contributed by atoms with Gasteiger partial charge in [0, 0.05) is 41.0 Å². The van der Waals surface area contributed by atoms with E-state index in [-0.39, 0.29) is 18.1 Å². The van der Waals surface area contributed by atoms with Gasteiger partial charge in [-0.1, -0.05) is 39.1 Å². The lowest BCUT2D eigenvalue weighted by Crippen LogP contribution is -2.52. The Bertz CT molecular complexity index is 922. The van der Waals surface area contributed by atoms with Crippen molar-refractivity contribution in [2.45, 2.75) is 24.9 Å². The van der Waals surface area contributed by atoms with Crippen molar-refractivity contribution >= 4 is 50.8 Å². The third-order valence-electron chi connectivity index (χ3n) is 5.16. The zero-order valence-corrected chi connectivity index (χ0v) is 17.4. The molecule has 1 fully saturated rings. The van der Waals surface area contributed by atoms with E-state index in [1.54, 1.807) is 29.2 Å². The van der Waals surface area contributed by atoms with E-state index in [0.29, 0.717) is 52.9 Å². The molecular formula is C20H16BrCl2NO3. The lowest BCUT2D eigenvalue weighted by molar-refractivity contribution is -0.00564. The van der Waals surface area contributed by atoms with E-state index in [0.717, 1.165) is 4.47 Å². The molecule has 2 aliphatic rings. The van der Waals surface area contributed by atoms with Gasteiger partial charge in [0.15, 0.2) is 5.78 Å². The van der Waals surface area contributed by atoms with Crippen LogP contribution in [0.3, 0.4) is 0 Å². The fraction of sp³-hybridized carbons (Fsp3) is 0.300. The number of halogens is 3. The van der Waals surface area contributed by atoms with Gasteiger partial charge in [0.1, 0.15) is 11.4 Å². The summed E-state index contributed by atoms with van der Waals surface area (Å²) in [5.74, 6) is 0.378. The summed E-state index contributed by atoms with van der Waals surface area (Å²) in [6.45, 7) is 1.06. The Balaban J connectivity index is 1.51. The number of carbonyl (C=O) groups is 2. The maximum absolute atomic E-state index is 12.7. The quantitative estimate of drug-likeness (QED) is 0.563. The second kappa shape index (κ2) is 7.12. The third kappa shape index (κ3) is 3.60. The van der Waals surface area contributed by atoms with E-state index in [1.807, 2.05) is 12.1 Å². The molecule has 0 N–H and O–H groups in total. The smallest absolute Gasteiger partial charge is 0.253 e. The number of hydrogen-bond donors (Lipinski definition) is 0. The molecule has 2 heterocycles. The lowest BCUT2D eigenvalue weighted by atomic mass is 9.82. The van der Waals surface area contributed by atoms with Gasteiger partial charge in [-0.05, 0) is 36.4 Å². The highest BCUT2D eigenvalue weighted by Gasteiger charge is 2.44. The van der Waals surface area contributed by atoms with Crippen LogP contribution < -0.4 is 4.74 Å². The number of rotatable bonds is 1. The van der Waals surface area contributed by atoms with Crippen LogP contribution in [0.2, 0.25) is 10.0 Å². The van der Waals surface area contributed by atoms with Gasteiger partial charge in [-0.2, -0.15) is 0 Å². The molecule has 1 spiro atoms. The average Bonchev–Trinajstić information content (AvgIpc) is 2.64. The minimum absolute atomic E-state index is 0.00954. The molecule has 4 rings (SSSR count). The zero-order chi connectivity index (χ0) is 19.2. The highest BCUT2D eigenvalue weighted by atomic mass is 79.9. The Hall–Kier alpha value is -1.56. The van der Waals surface area contributed by atoms with E-state index in [2.05, 4.69) is 15.9 Å². The minimum Gasteiger partial charge on any atom is -0.484 e. The van der Waals surface area contributed by atoms with Crippen molar-refractivity contribution in [3.8, 4) is 5.75 Å². The molecule has 0 saturated carbocycles. The number of fused-ring (bicyclic) bond motifs is 1. The summed E-state index contributed by atoms with van der Waals surface area (Å²) in [4.78, 5) is 27.2. The molecule has 0 aromatic heterocycles. The predicted octanol–water partition coefficient (Wildman–Crippen LogP) is 5.40. The normalized spacial score (nSPS) is 18.2. The highest BCUT2D eigenvalue weighted by molar-refractivity contribution is 9.10. The van der Waals surface area contributed by atoms with Crippen molar-refractivity contribution in [1.82, 2.24) is 4.90 Å². The summed E-state index contributed by atoms with van der Waals surface area (Å²) in [5.41, 5.74) is 0.474. The molecule has 2 aliphatic heterocycles. The first-order valence-electron chi connectivity index (χ1n) is 8.63. The Kier molecular flexibility index (Phi) is 4.95. The first-order valence-corrected chi connectivity index (χ1v) is 10.2. The molecule has 27 heavy (non-hydrogen) atoms. The van der Waals surface area contributed by atoms with Gasteiger partial charge < -0.3 is 9.64 Å². The van der Waals surface area contributed by atoms with Crippen LogP contribution in [0, 0.1) is 0 Å². The summed E-state index contributed by atoms with van der Waals surface area (Å²) in [6, 6.07) is 10.5. The minimum atomic E-state index is -0.613. The van der Waals surface area contributed by atoms with Crippen LogP contribution in [0.15, 0.2) is 40.9 Å². The van der Waals surface area contributed by atoms with Gasteiger partial charge in [0.05, 0.1) is 17.0 Å². The van der Waals surface area contributed by atoms with E-state index in [9.17, 15) is 9.59 Å². The van der Waals surface area contributed by atoms with Gasteiger partial charge in [-0.3, -0.25) is 9.59 Å². The molecular weight excluding hydrogens is 453 g/mol. The van der Waals surface area contributed by atoms with Gasteiger partial charge in [-0.25, -0.2) is 0 Å². The molecule has 0 bridgehead atoms. The van der Waals surface area contributed by atoms with E-state index in [4.69, 9.17) is 27.9 Å². The summed E-state index contributed by atoms with van der Waals surface area (Å²) < 4.78 is 7.14. The van der Waals surface area contributed by atoms with E-state index in [1.165, 1.54) is 0 Å². The number of amides is 1. The van der Waals surface area contributed by atoms with Crippen LogP contribution in [-0.2, 0) is 0 Å². The zero-order valence-electron chi connectivity index (χ0n) is 14.3. The molecule has 2 aromatic carbocycles. The highest BCUT2D eigenvalue weighted by Crippen LogP contribution is 2.44. The predicted molar refractivity (Wildman–Crippen MR) is 108 cm³/mol. The van der Waals surface area contributed by atoms with Gasteiger partial charge in [-0.15, -0.1) is 0 Å². The summed E-state index contributed by atoms with van der Waals surface area (Å²) in [6.07, 6.45) is 1.44. The van der Waals surface area contributed by atoms with Crippen LogP contribution >= 0.6 is 39.1 Å². The third-order valence-corrected chi connectivity index (χ3v) is 6.19. The number of likely N-dealkylation sites (tertiary alicyclic amines) is 1. The first-order chi connectivity index (χ1) is 12.9. The molecule has 0 unspecified atom stereocenters. The number of nitrogens with zero attached hydrogens (tertiary/aromatic N) is 1. The number of piperidine rings is 1. The summed E-state index contributed by atoms with van der Waals surface area (Å²) in [7, 11) is 0. The fourth-order valence-electron chi connectivity index (χ4n) is 3.68. The van der Waals surface area contributed by atoms with Crippen molar-refractivity contribution in [1.29, 1.82) is 0 Å². The number of Topliss-reactive ketones (excluding diaryl/α,β-unsaturated/α-hetero) is 1. The molecule has 7 heteroatoms.